The van der Waals surface area contributed by atoms with E-state index in [4.69, 9.17) is 23.1 Å². The van der Waals surface area contributed by atoms with Crippen molar-refractivity contribution in [1.29, 1.82) is 0 Å². The SMILES string of the molecule is NC(N)=NCCCNc1[nH]ncc1Nc1cccc(Cl)c1. The molecule has 0 unspecified atom stereocenters. The summed E-state index contributed by atoms with van der Waals surface area (Å²) in [5.41, 5.74) is 12.3. The van der Waals surface area contributed by atoms with Gasteiger partial charge >= 0.3 is 0 Å². The van der Waals surface area contributed by atoms with Gasteiger partial charge in [0.25, 0.3) is 0 Å². The summed E-state index contributed by atoms with van der Waals surface area (Å²) >= 11 is 5.96. The second kappa shape index (κ2) is 7.39. The Balaban J connectivity index is 1.88. The van der Waals surface area contributed by atoms with Gasteiger partial charge in [-0.3, -0.25) is 10.1 Å². The van der Waals surface area contributed by atoms with Crippen LogP contribution in [0.1, 0.15) is 6.42 Å². The fraction of sp³-hybridized carbons (Fsp3) is 0.231. The van der Waals surface area contributed by atoms with Crippen LogP contribution in [-0.2, 0) is 0 Å². The molecule has 8 heteroatoms. The second-order valence-electron chi connectivity index (χ2n) is 4.38. The Morgan fingerprint density at radius 3 is 3.00 bits per heavy atom. The van der Waals surface area contributed by atoms with Crippen molar-refractivity contribution in [2.45, 2.75) is 6.42 Å². The van der Waals surface area contributed by atoms with Crippen molar-refractivity contribution in [1.82, 2.24) is 10.2 Å². The van der Waals surface area contributed by atoms with E-state index in [1.165, 1.54) is 0 Å². The minimum absolute atomic E-state index is 0.111. The van der Waals surface area contributed by atoms with E-state index in [9.17, 15) is 0 Å². The van der Waals surface area contributed by atoms with Crippen LogP contribution in [-0.4, -0.2) is 29.2 Å². The Labute approximate surface area is 127 Å². The van der Waals surface area contributed by atoms with Crippen LogP contribution in [0.4, 0.5) is 17.2 Å². The zero-order chi connectivity index (χ0) is 15.1. The molecule has 112 valence electrons. The van der Waals surface area contributed by atoms with E-state index < -0.39 is 0 Å². The van der Waals surface area contributed by atoms with Gasteiger partial charge in [0.1, 0.15) is 11.5 Å². The summed E-state index contributed by atoms with van der Waals surface area (Å²) in [6.07, 6.45) is 2.52. The summed E-state index contributed by atoms with van der Waals surface area (Å²) in [6.45, 7) is 1.31. The third kappa shape index (κ3) is 4.88. The monoisotopic (exact) mass is 307 g/mol. The fourth-order valence-corrected chi connectivity index (χ4v) is 1.93. The number of guanidine groups is 1. The van der Waals surface area contributed by atoms with Crippen molar-refractivity contribution in [3.8, 4) is 0 Å². The van der Waals surface area contributed by atoms with E-state index in [0.717, 1.165) is 30.2 Å². The maximum Gasteiger partial charge on any atom is 0.185 e. The van der Waals surface area contributed by atoms with Crippen molar-refractivity contribution in [2.24, 2.45) is 16.5 Å². The smallest absolute Gasteiger partial charge is 0.185 e. The number of aliphatic imine (C=N–C) groups is 1. The molecule has 2 rings (SSSR count). The van der Waals surface area contributed by atoms with Crippen molar-refractivity contribution >= 4 is 34.8 Å². The molecule has 7 N–H and O–H groups in total. The minimum Gasteiger partial charge on any atom is -0.370 e. The summed E-state index contributed by atoms with van der Waals surface area (Å²) in [5, 5.41) is 14.1. The van der Waals surface area contributed by atoms with Gasteiger partial charge in [0.05, 0.1) is 6.20 Å². The molecule has 1 aromatic carbocycles. The van der Waals surface area contributed by atoms with Gasteiger partial charge in [0, 0.05) is 23.8 Å². The van der Waals surface area contributed by atoms with Gasteiger partial charge in [-0.15, -0.1) is 0 Å². The summed E-state index contributed by atoms with van der Waals surface area (Å²) < 4.78 is 0. The highest BCUT2D eigenvalue weighted by atomic mass is 35.5. The first-order chi connectivity index (χ1) is 10.1. The molecule has 0 radical (unpaired) electrons. The Bertz CT molecular complexity index is 604. The molecule has 0 saturated heterocycles. The van der Waals surface area contributed by atoms with Crippen LogP contribution in [0.2, 0.25) is 5.02 Å². The van der Waals surface area contributed by atoms with Gasteiger partial charge in [0.2, 0.25) is 0 Å². The number of nitrogens with one attached hydrogen (secondary N) is 3. The maximum absolute atomic E-state index is 5.96. The average molecular weight is 308 g/mol. The molecule has 0 spiro atoms. The predicted octanol–water partition coefficient (Wildman–Crippen LogP) is 1.88. The van der Waals surface area contributed by atoms with Gasteiger partial charge in [-0.2, -0.15) is 5.10 Å². The lowest BCUT2D eigenvalue weighted by molar-refractivity contribution is 0.866. The molecule has 0 aliphatic rings. The standard InChI is InChI=1S/C13H18ClN7/c14-9-3-1-4-10(7-9)20-11-8-19-21-12(11)17-5-2-6-18-13(15)16/h1,3-4,7-8,20H,2,5-6H2,(H4,15,16,18)(H2,17,19,21). The Hall–Kier alpha value is -2.41. The molecule has 0 aliphatic heterocycles. The Morgan fingerprint density at radius 2 is 2.24 bits per heavy atom. The van der Waals surface area contributed by atoms with E-state index in [0.29, 0.717) is 11.6 Å². The van der Waals surface area contributed by atoms with Crippen molar-refractivity contribution in [3.05, 3.63) is 35.5 Å². The van der Waals surface area contributed by atoms with Crippen LogP contribution in [0.25, 0.3) is 0 Å². The molecule has 0 atom stereocenters. The molecule has 21 heavy (non-hydrogen) atoms. The third-order valence-corrected chi connectivity index (χ3v) is 2.91. The molecule has 2 aromatic rings. The first-order valence-corrected chi connectivity index (χ1v) is 6.88. The minimum atomic E-state index is 0.111. The number of hydrogen-bond donors (Lipinski definition) is 5. The number of aromatic amines is 1. The van der Waals surface area contributed by atoms with Crippen LogP contribution in [0.5, 0.6) is 0 Å². The summed E-state index contributed by atoms with van der Waals surface area (Å²) in [4.78, 5) is 3.92. The van der Waals surface area contributed by atoms with Gasteiger partial charge < -0.3 is 22.1 Å². The largest absolute Gasteiger partial charge is 0.370 e. The van der Waals surface area contributed by atoms with Gasteiger partial charge in [-0.05, 0) is 24.6 Å². The van der Waals surface area contributed by atoms with Crippen LogP contribution in [0, 0.1) is 0 Å². The van der Waals surface area contributed by atoms with Crippen molar-refractivity contribution < 1.29 is 0 Å². The fourth-order valence-electron chi connectivity index (χ4n) is 1.74. The molecular formula is C13H18ClN7. The average Bonchev–Trinajstić information content (AvgIpc) is 2.85. The van der Waals surface area contributed by atoms with E-state index in [1.807, 2.05) is 24.3 Å². The van der Waals surface area contributed by atoms with E-state index in [2.05, 4.69) is 25.8 Å². The van der Waals surface area contributed by atoms with Crippen LogP contribution in [0.3, 0.4) is 0 Å². The van der Waals surface area contributed by atoms with Crippen molar-refractivity contribution in [2.75, 3.05) is 23.7 Å². The van der Waals surface area contributed by atoms with Gasteiger partial charge in [-0.1, -0.05) is 17.7 Å². The topological polar surface area (TPSA) is 117 Å². The lowest BCUT2D eigenvalue weighted by Gasteiger charge is -2.08. The lowest BCUT2D eigenvalue weighted by Crippen LogP contribution is -2.23. The highest BCUT2D eigenvalue weighted by Crippen LogP contribution is 2.24. The maximum atomic E-state index is 5.96. The van der Waals surface area contributed by atoms with Crippen LogP contribution < -0.4 is 22.1 Å². The van der Waals surface area contributed by atoms with Crippen molar-refractivity contribution in [3.63, 3.8) is 0 Å². The molecule has 0 aliphatic carbocycles. The number of aromatic nitrogens is 2. The van der Waals surface area contributed by atoms with Gasteiger partial charge in [0.15, 0.2) is 5.96 Å². The molecule has 0 amide bonds. The van der Waals surface area contributed by atoms with Crippen LogP contribution in [0.15, 0.2) is 35.5 Å². The molecule has 0 fully saturated rings. The number of nitrogens with zero attached hydrogens (tertiary/aromatic N) is 2. The van der Waals surface area contributed by atoms with Crippen LogP contribution >= 0.6 is 11.6 Å². The highest BCUT2D eigenvalue weighted by Gasteiger charge is 2.04. The number of nitrogens with two attached hydrogens (primary N) is 2. The molecule has 1 aromatic heterocycles. The number of hydrogen-bond acceptors (Lipinski definition) is 4. The summed E-state index contributed by atoms with van der Waals surface area (Å²) in [5.74, 6) is 0.916. The highest BCUT2D eigenvalue weighted by molar-refractivity contribution is 6.30. The zero-order valence-electron chi connectivity index (χ0n) is 11.4. The molecule has 0 bridgehead atoms. The number of halogens is 1. The normalized spacial score (nSPS) is 10.1. The number of H-pyrrole nitrogens is 1. The summed E-state index contributed by atoms with van der Waals surface area (Å²) in [6, 6.07) is 7.48. The van der Waals surface area contributed by atoms with Gasteiger partial charge in [-0.25, -0.2) is 0 Å². The molecule has 0 saturated carbocycles. The first kappa shape index (κ1) is 15.0. The zero-order valence-corrected chi connectivity index (χ0v) is 12.2. The molecule has 1 heterocycles. The summed E-state index contributed by atoms with van der Waals surface area (Å²) in [7, 11) is 0. The molecule has 7 nitrogen and oxygen atoms in total. The predicted molar refractivity (Wildman–Crippen MR) is 87.1 cm³/mol. The number of anilines is 3. The Kier molecular flexibility index (Phi) is 5.28. The Morgan fingerprint density at radius 1 is 1.38 bits per heavy atom. The van der Waals surface area contributed by atoms with E-state index in [-0.39, 0.29) is 5.96 Å². The van der Waals surface area contributed by atoms with E-state index >= 15 is 0 Å². The first-order valence-electron chi connectivity index (χ1n) is 6.50. The molecular weight excluding hydrogens is 290 g/mol. The second-order valence-corrected chi connectivity index (χ2v) is 4.82. The third-order valence-electron chi connectivity index (χ3n) is 2.67. The number of rotatable bonds is 7. The quantitative estimate of drug-likeness (QED) is 0.304. The van der Waals surface area contributed by atoms with E-state index in [1.54, 1.807) is 6.20 Å². The lowest BCUT2D eigenvalue weighted by atomic mass is 10.3. The number of benzene rings is 1.